The molecule has 1 aliphatic rings. The number of hydrogen-bond donors (Lipinski definition) is 1. The minimum absolute atomic E-state index is 0.0884. The Bertz CT molecular complexity index is 681. The molecule has 1 unspecified atom stereocenters. The van der Waals surface area contributed by atoms with Crippen LogP contribution in [0.2, 0.25) is 0 Å². The van der Waals surface area contributed by atoms with Crippen molar-refractivity contribution in [3.05, 3.63) is 35.5 Å². The maximum atomic E-state index is 13.0. The van der Waals surface area contributed by atoms with Gasteiger partial charge < -0.3 is 5.32 Å². The highest BCUT2D eigenvalue weighted by molar-refractivity contribution is 8.02. The number of rotatable bonds is 5. The van der Waals surface area contributed by atoms with Crippen molar-refractivity contribution in [2.24, 2.45) is 0 Å². The van der Waals surface area contributed by atoms with Crippen LogP contribution in [0.4, 0.5) is 4.39 Å². The van der Waals surface area contributed by atoms with Crippen LogP contribution in [-0.2, 0) is 4.79 Å². The lowest BCUT2D eigenvalue weighted by atomic mass is 9.95. The van der Waals surface area contributed by atoms with E-state index in [0.717, 1.165) is 28.4 Å². The van der Waals surface area contributed by atoms with Crippen molar-refractivity contribution in [2.45, 2.75) is 54.7 Å². The van der Waals surface area contributed by atoms with Gasteiger partial charge in [0.1, 0.15) is 5.82 Å². The number of hydrogen-bond acceptors (Lipinski definition) is 4. The van der Waals surface area contributed by atoms with Gasteiger partial charge in [-0.2, -0.15) is 0 Å². The summed E-state index contributed by atoms with van der Waals surface area (Å²) >= 11 is 3.00. The van der Waals surface area contributed by atoms with E-state index >= 15 is 0 Å². The van der Waals surface area contributed by atoms with E-state index in [2.05, 4.69) is 10.3 Å². The normalized spacial score (nSPS) is 16.8. The largest absolute Gasteiger partial charge is 0.352 e. The Morgan fingerprint density at radius 2 is 2.00 bits per heavy atom. The number of nitrogens with one attached hydrogen (secondary N) is 1. The van der Waals surface area contributed by atoms with E-state index in [1.165, 1.54) is 54.5 Å². The Hall–Kier alpha value is -1.40. The summed E-state index contributed by atoms with van der Waals surface area (Å²) in [5.74, 6) is -0.165. The van der Waals surface area contributed by atoms with Crippen LogP contribution in [0.1, 0.15) is 39.0 Å². The first-order chi connectivity index (χ1) is 11.6. The second kappa shape index (κ2) is 8.12. The summed E-state index contributed by atoms with van der Waals surface area (Å²) in [4.78, 5) is 16.9. The predicted molar refractivity (Wildman–Crippen MR) is 97.8 cm³/mol. The van der Waals surface area contributed by atoms with Crippen LogP contribution in [0.3, 0.4) is 0 Å². The van der Waals surface area contributed by atoms with Gasteiger partial charge in [0.25, 0.3) is 0 Å². The summed E-state index contributed by atoms with van der Waals surface area (Å²) in [5, 5.41) is 4.94. The van der Waals surface area contributed by atoms with Crippen LogP contribution in [0.5, 0.6) is 0 Å². The SMILES string of the molecule is CC(Sc1nc(-c2ccc(F)cc2)cs1)C(=O)NC1CCCCC1. The zero-order chi connectivity index (χ0) is 16.9. The monoisotopic (exact) mass is 364 g/mol. The molecule has 0 spiro atoms. The predicted octanol–water partition coefficient (Wildman–Crippen LogP) is 4.88. The molecular weight excluding hydrogens is 343 g/mol. The van der Waals surface area contributed by atoms with Gasteiger partial charge in [0.05, 0.1) is 10.9 Å². The van der Waals surface area contributed by atoms with E-state index in [-0.39, 0.29) is 17.0 Å². The maximum Gasteiger partial charge on any atom is 0.233 e. The summed E-state index contributed by atoms with van der Waals surface area (Å²) < 4.78 is 13.9. The number of carbonyl (C=O) groups excluding carboxylic acids is 1. The van der Waals surface area contributed by atoms with Gasteiger partial charge in [0.15, 0.2) is 4.34 Å². The Labute approximate surface area is 150 Å². The minimum Gasteiger partial charge on any atom is -0.352 e. The van der Waals surface area contributed by atoms with Crippen molar-refractivity contribution in [2.75, 3.05) is 0 Å². The molecule has 128 valence electrons. The van der Waals surface area contributed by atoms with Gasteiger partial charge >= 0.3 is 0 Å². The summed E-state index contributed by atoms with van der Waals surface area (Å²) in [6.45, 7) is 1.92. The van der Waals surface area contributed by atoms with Crippen molar-refractivity contribution < 1.29 is 9.18 Å². The number of aromatic nitrogens is 1. The van der Waals surface area contributed by atoms with Crippen molar-refractivity contribution in [3.63, 3.8) is 0 Å². The average molecular weight is 365 g/mol. The molecule has 1 fully saturated rings. The molecule has 3 nitrogen and oxygen atoms in total. The minimum atomic E-state index is -0.253. The number of thioether (sulfide) groups is 1. The standard InChI is InChI=1S/C18H21FN2OS2/c1-12(17(22)20-15-5-3-2-4-6-15)24-18-21-16(11-23-18)13-7-9-14(19)10-8-13/h7-12,15H,2-6H2,1H3,(H,20,22). The fourth-order valence-corrected chi connectivity index (χ4v) is 4.82. The highest BCUT2D eigenvalue weighted by atomic mass is 32.2. The molecule has 2 aromatic rings. The first kappa shape index (κ1) is 17.4. The van der Waals surface area contributed by atoms with Crippen LogP contribution in [0, 0.1) is 5.82 Å². The first-order valence-electron chi connectivity index (χ1n) is 8.30. The number of thiazole rings is 1. The van der Waals surface area contributed by atoms with Crippen LogP contribution in [0.25, 0.3) is 11.3 Å². The Kier molecular flexibility index (Phi) is 5.89. The van der Waals surface area contributed by atoms with Gasteiger partial charge in [0, 0.05) is 17.0 Å². The van der Waals surface area contributed by atoms with Gasteiger partial charge in [-0.05, 0) is 44.0 Å². The van der Waals surface area contributed by atoms with E-state index in [1.54, 1.807) is 12.1 Å². The van der Waals surface area contributed by atoms with Gasteiger partial charge in [-0.15, -0.1) is 11.3 Å². The molecule has 0 saturated heterocycles. The fraction of sp³-hybridized carbons (Fsp3) is 0.444. The third-order valence-electron chi connectivity index (χ3n) is 4.22. The van der Waals surface area contributed by atoms with Crippen molar-refractivity contribution in [1.82, 2.24) is 10.3 Å². The summed E-state index contributed by atoms with van der Waals surface area (Å²) in [7, 11) is 0. The third-order valence-corrected chi connectivity index (χ3v) is 6.29. The Morgan fingerprint density at radius 3 is 2.71 bits per heavy atom. The molecule has 0 aliphatic heterocycles. The second-order valence-corrected chi connectivity index (χ2v) is 8.56. The number of amides is 1. The van der Waals surface area contributed by atoms with Crippen LogP contribution >= 0.6 is 23.1 Å². The summed E-state index contributed by atoms with van der Waals surface area (Å²) in [5.41, 5.74) is 1.71. The van der Waals surface area contributed by atoms with E-state index in [9.17, 15) is 9.18 Å². The summed E-state index contributed by atoms with van der Waals surface area (Å²) in [6.07, 6.45) is 5.88. The van der Waals surface area contributed by atoms with Gasteiger partial charge in [-0.1, -0.05) is 31.0 Å². The molecule has 0 bridgehead atoms. The van der Waals surface area contributed by atoms with Crippen molar-refractivity contribution >= 4 is 29.0 Å². The van der Waals surface area contributed by atoms with E-state index in [1.807, 2.05) is 12.3 Å². The molecular formula is C18H21FN2OS2. The molecule has 3 rings (SSSR count). The van der Waals surface area contributed by atoms with E-state index in [0.29, 0.717) is 6.04 Å². The third kappa shape index (κ3) is 4.57. The zero-order valence-electron chi connectivity index (χ0n) is 13.6. The quantitative estimate of drug-likeness (QED) is 0.769. The highest BCUT2D eigenvalue weighted by Crippen LogP contribution is 2.31. The molecule has 1 aliphatic carbocycles. The second-order valence-electron chi connectivity index (χ2n) is 6.11. The topological polar surface area (TPSA) is 42.0 Å². The van der Waals surface area contributed by atoms with Crippen molar-refractivity contribution in [3.8, 4) is 11.3 Å². The van der Waals surface area contributed by atoms with Gasteiger partial charge in [-0.25, -0.2) is 9.37 Å². The molecule has 0 radical (unpaired) electrons. The molecule has 1 N–H and O–H groups in total. The molecule has 1 amide bonds. The van der Waals surface area contributed by atoms with E-state index in [4.69, 9.17) is 0 Å². The molecule has 1 aromatic heterocycles. The van der Waals surface area contributed by atoms with Crippen LogP contribution in [-0.4, -0.2) is 22.2 Å². The molecule has 24 heavy (non-hydrogen) atoms. The smallest absolute Gasteiger partial charge is 0.233 e. The number of nitrogens with zero attached hydrogens (tertiary/aromatic N) is 1. The summed E-state index contributed by atoms with van der Waals surface area (Å²) in [6, 6.07) is 6.64. The number of halogens is 1. The van der Waals surface area contributed by atoms with Gasteiger partial charge in [-0.3, -0.25) is 4.79 Å². The maximum absolute atomic E-state index is 13.0. The Morgan fingerprint density at radius 1 is 1.29 bits per heavy atom. The van der Waals surface area contributed by atoms with Crippen LogP contribution in [0.15, 0.2) is 34.0 Å². The first-order valence-corrected chi connectivity index (χ1v) is 10.1. The average Bonchev–Trinajstić information content (AvgIpc) is 3.05. The van der Waals surface area contributed by atoms with Gasteiger partial charge in [0.2, 0.25) is 5.91 Å². The molecule has 6 heteroatoms. The highest BCUT2D eigenvalue weighted by Gasteiger charge is 2.21. The molecule has 1 heterocycles. The fourth-order valence-electron chi connectivity index (χ4n) is 2.83. The lowest BCUT2D eigenvalue weighted by molar-refractivity contribution is -0.121. The molecule has 1 saturated carbocycles. The zero-order valence-corrected chi connectivity index (χ0v) is 15.3. The van der Waals surface area contributed by atoms with Crippen LogP contribution < -0.4 is 5.32 Å². The lowest BCUT2D eigenvalue weighted by Gasteiger charge is -2.24. The Balaban J connectivity index is 1.57. The molecule has 1 atom stereocenters. The molecule has 1 aromatic carbocycles. The number of carbonyl (C=O) groups is 1. The van der Waals surface area contributed by atoms with Crippen molar-refractivity contribution in [1.29, 1.82) is 0 Å². The van der Waals surface area contributed by atoms with E-state index < -0.39 is 0 Å². The number of benzene rings is 1. The lowest BCUT2D eigenvalue weighted by Crippen LogP contribution is -2.40.